The highest BCUT2D eigenvalue weighted by molar-refractivity contribution is 7.92. The zero-order valence-electron chi connectivity index (χ0n) is 12.9. The average Bonchev–Trinajstić information content (AvgIpc) is 2.54. The third kappa shape index (κ3) is 4.22. The van der Waals surface area contributed by atoms with Crippen LogP contribution in [-0.2, 0) is 19.4 Å². The fourth-order valence-electron chi connectivity index (χ4n) is 2.53. The minimum Gasteiger partial charge on any atom is -0.497 e. The van der Waals surface area contributed by atoms with Gasteiger partial charge in [0.25, 0.3) is 0 Å². The molecule has 7 nitrogen and oxygen atoms in total. The average molecular weight is 340 g/mol. The number of likely N-dealkylation sites (tertiary alicyclic amines) is 1. The summed E-state index contributed by atoms with van der Waals surface area (Å²) >= 11 is 0. The van der Waals surface area contributed by atoms with Gasteiger partial charge in [0, 0.05) is 19.0 Å². The van der Waals surface area contributed by atoms with E-state index in [0.29, 0.717) is 31.7 Å². The number of primary amides is 1. The van der Waals surface area contributed by atoms with Crippen LogP contribution in [0.1, 0.15) is 12.8 Å². The Morgan fingerprint density at radius 3 is 2.26 bits per heavy atom. The summed E-state index contributed by atoms with van der Waals surface area (Å²) in [7, 11) is -2.21. The molecule has 0 radical (unpaired) electrons. The number of ether oxygens (including phenoxy) is 1. The number of benzene rings is 1. The second kappa shape index (κ2) is 6.99. The first-order valence-corrected chi connectivity index (χ1v) is 8.92. The maximum absolute atomic E-state index is 12.3. The summed E-state index contributed by atoms with van der Waals surface area (Å²) in [6.45, 7) is 0.704. The Morgan fingerprint density at radius 1 is 1.22 bits per heavy atom. The molecule has 23 heavy (non-hydrogen) atoms. The molecule has 1 aliphatic rings. The molecule has 8 heteroatoms. The van der Waals surface area contributed by atoms with Crippen molar-refractivity contribution >= 4 is 21.7 Å². The minimum atomic E-state index is -3.70. The molecule has 2 amide bonds. The highest BCUT2D eigenvalue weighted by atomic mass is 32.2. The van der Waals surface area contributed by atoms with Crippen LogP contribution >= 0.6 is 0 Å². The Bertz CT molecular complexity index is 676. The quantitative estimate of drug-likeness (QED) is 0.823. The smallest absolute Gasteiger partial charge is 0.238 e. The van der Waals surface area contributed by atoms with Gasteiger partial charge in [-0.3, -0.25) is 9.59 Å². The number of amides is 2. The molecule has 0 atom stereocenters. The number of nitrogens with zero attached hydrogens (tertiary/aromatic N) is 1. The molecule has 1 aromatic carbocycles. The zero-order chi connectivity index (χ0) is 17.0. The lowest BCUT2D eigenvalue weighted by Gasteiger charge is -2.30. The predicted molar refractivity (Wildman–Crippen MR) is 83.5 cm³/mol. The van der Waals surface area contributed by atoms with Crippen LogP contribution < -0.4 is 10.5 Å². The summed E-state index contributed by atoms with van der Waals surface area (Å²) in [5.74, 6) is -1.10. The van der Waals surface area contributed by atoms with Crippen LogP contribution in [-0.4, -0.2) is 51.1 Å². The Balaban J connectivity index is 2.00. The lowest BCUT2D eigenvalue weighted by atomic mass is 9.96. The highest BCUT2D eigenvalue weighted by Gasteiger charge is 2.29. The Morgan fingerprint density at radius 2 is 1.78 bits per heavy atom. The van der Waals surface area contributed by atoms with Gasteiger partial charge >= 0.3 is 0 Å². The van der Waals surface area contributed by atoms with E-state index in [4.69, 9.17) is 10.5 Å². The van der Waals surface area contributed by atoms with Gasteiger partial charge in [0.1, 0.15) is 11.5 Å². The Labute approximate surface area is 135 Å². The molecule has 1 aromatic rings. The van der Waals surface area contributed by atoms with Gasteiger partial charge in [-0.25, -0.2) is 8.42 Å². The first-order chi connectivity index (χ1) is 10.8. The van der Waals surface area contributed by atoms with Crippen molar-refractivity contribution < 1.29 is 22.7 Å². The van der Waals surface area contributed by atoms with E-state index >= 15 is 0 Å². The van der Waals surface area contributed by atoms with Gasteiger partial charge in [0.2, 0.25) is 11.8 Å². The summed E-state index contributed by atoms with van der Waals surface area (Å²) in [5.41, 5.74) is 5.24. The fraction of sp³-hybridized carbons (Fsp3) is 0.467. The molecule has 1 saturated heterocycles. The predicted octanol–water partition coefficient (Wildman–Crippen LogP) is 0.193. The van der Waals surface area contributed by atoms with Gasteiger partial charge < -0.3 is 15.4 Å². The van der Waals surface area contributed by atoms with Crippen LogP contribution in [0.25, 0.3) is 0 Å². The van der Waals surface area contributed by atoms with Gasteiger partial charge in [-0.2, -0.15) is 0 Å². The SMILES string of the molecule is COc1ccc(S(=O)(=O)CC(=O)N2CCC(C(N)=O)CC2)cc1. The normalized spacial score (nSPS) is 16.1. The van der Waals surface area contributed by atoms with Crippen LogP contribution in [0.15, 0.2) is 29.2 Å². The van der Waals surface area contributed by atoms with Crippen molar-refractivity contribution in [3.05, 3.63) is 24.3 Å². The molecule has 0 spiro atoms. The molecular formula is C15H20N2O5S. The van der Waals surface area contributed by atoms with Gasteiger partial charge in [-0.05, 0) is 37.1 Å². The van der Waals surface area contributed by atoms with E-state index < -0.39 is 21.5 Å². The summed E-state index contributed by atoms with van der Waals surface area (Å²) in [5, 5.41) is 0. The Hall–Kier alpha value is -2.09. The number of nitrogens with two attached hydrogens (primary N) is 1. The number of carbonyl (C=O) groups is 2. The van der Waals surface area contributed by atoms with Crippen molar-refractivity contribution in [1.82, 2.24) is 4.90 Å². The fourth-order valence-corrected chi connectivity index (χ4v) is 3.76. The van der Waals surface area contributed by atoms with Gasteiger partial charge in [-0.1, -0.05) is 0 Å². The number of hydrogen-bond acceptors (Lipinski definition) is 5. The van der Waals surface area contributed by atoms with Crippen LogP contribution in [0.5, 0.6) is 5.75 Å². The Kier molecular flexibility index (Phi) is 5.25. The van der Waals surface area contributed by atoms with Crippen molar-refractivity contribution in [2.75, 3.05) is 26.0 Å². The number of sulfone groups is 1. The van der Waals surface area contributed by atoms with E-state index in [2.05, 4.69) is 0 Å². The third-order valence-electron chi connectivity index (χ3n) is 3.98. The molecule has 1 heterocycles. The monoisotopic (exact) mass is 340 g/mol. The second-order valence-electron chi connectivity index (χ2n) is 5.49. The molecule has 0 aliphatic carbocycles. The van der Waals surface area contributed by atoms with Gasteiger partial charge in [0.05, 0.1) is 12.0 Å². The van der Waals surface area contributed by atoms with Crippen LogP contribution in [0.3, 0.4) is 0 Å². The molecular weight excluding hydrogens is 320 g/mol. The van der Waals surface area contributed by atoms with Crippen molar-refractivity contribution in [2.45, 2.75) is 17.7 Å². The zero-order valence-corrected chi connectivity index (χ0v) is 13.7. The topological polar surface area (TPSA) is 107 Å². The summed E-state index contributed by atoms with van der Waals surface area (Å²) in [6, 6.07) is 5.91. The van der Waals surface area contributed by atoms with E-state index in [-0.39, 0.29) is 16.7 Å². The van der Waals surface area contributed by atoms with Crippen molar-refractivity contribution in [3.8, 4) is 5.75 Å². The number of piperidine rings is 1. The van der Waals surface area contributed by atoms with E-state index in [9.17, 15) is 18.0 Å². The largest absolute Gasteiger partial charge is 0.497 e. The molecule has 0 unspecified atom stereocenters. The minimum absolute atomic E-state index is 0.0821. The molecule has 1 aliphatic heterocycles. The molecule has 1 fully saturated rings. The van der Waals surface area contributed by atoms with E-state index in [1.165, 1.54) is 36.3 Å². The molecule has 2 rings (SSSR count). The van der Waals surface area contributed by atoms with Crippen LogP contribution in [0, 0.1) is 5.92 Å². The molecule has 0 saturated carbocycles. The summed E-state index contributed by atoms with van der Waals surface area (Å²) in [6.07, 6.45) is 0.952. The van der Waals surface area contributed by atoms with E-state index in [0.717, 1.165) is 0 Å². The lowest BCUT2D eigenvalue weighted by molar-refractivity contribution is -0.132. The number of carbonyl (C=O) groups excluding carboxylic acids is 2. The number of rotatable bonds is 5. The first-order valence-electron chi connectivity index (χ1n) is 7.27. The van der Waals surface area contributed by atoms with Crippen LogP contribution in [0.4, 0.5) is 0 Å². The van der Waals surface area contributed by atoms with E-state index in [1.807, 2.05) is 0 Å². The van der Waals surface area contributed by atoms with Crippen molar-refractivity contribution in [1.29, 1.82) is 0 Å². The maximum Gasteiger partial charge on any atom is 0.238 e. The summed E-state index contributed by atoms with van der Waals surface area (Å²) in [4.78, 5) is 24.9. The van der Waals surface area contributed by atoms with Gasteiger partial charge in [-0.15, -0.1) is 0 Å². The standard InChI is InChI=1S/C15H20N2O5S/c1-22-12-2-4-13(5-3-12)23(20,21)10-14(18)17-8-6-11(7-9-17)15(16)19/h2-5,11H,6-10H2,1H3,(H2,16,19). The third-order valence-corrected chi connectivity index (χ3v) is 5.60. The number of methoxy groups -OCH3 is 1. The first kappa shape index (κ1) is 17.3. The van der Waals surface area contributed by atoms with E-state index in [1.54, 1.807) is 0 Å². The van der Waals surface area contributed by atoms with Crippen molar-refractivity contribution in [3.63, 3.8) is 0 Å². The lowest BCUT2D eigenvalue weighted by Crippen LogP contribution is -2.43. The van der Waals surface area contributed by atoms with Crippen LogP contribution in [0.2, 0.25) is 0 Å². The van der Waals surface area contributed by atoms with Gasteiger partial charge in [0.15, 0.2) is 9.84 Å². The molecule has 0 aromatic heterocycles. The summed E-state index contributed by atoms with van der Waals surface area (Å²) < 4.78 is 29.6. The maximum atomic E-state index is 12.3. The molecule has 2 N–H and O–H groups in total. The van der Waals surface area contributed by atoms with Crippen molar-refractivity contribution in [2.24, 2.45) is 11.7 Å². The number of hydrogen-bond donors (Lipinski definition) is 1. The highest BCUT2D eigenvalue weighted by Crippen LogP contribution is 2.20. The molecule has 126 valence electrons. The second-order valence-corrected chi connectivity index (χ2v) is 7.48. The molecule has 0 bridgehead atoms.